The van der Waals surface area contributed by atoms with Crippen molar-refractivity contribution < 1.29 is 9.59 Å². The lowest BCUT2D eigenvalue weighted by atomic mass is 10.0. The summed E-state index contributed by atoms with van der Waals surface area (Å²) in [6.07, 6.45) is 3.94. The third-order valence-corrected chi connectivity index (χ3v) is 5.27. The van der Waals surface area contributed by atoms with Crippen molar-refractivity contribution in [2.45, 2.75) is 39.0 Å². The first kappa shape index (κ1) is 17.8. The van der Waals surface area contributed by atoms with Crippen LogP contribution in [0.5, 0.6) is 0 Å². The largest absolute Gasteiger partial charge is 0.326 e. The van der Waals surface area contributed by atoms with Gasteiger partial charge in [-0.05, 0) is 56.5 Å². The minimum absolute atomic E-state index is 0.0171. The zero-order chi connectivity index (χ0) is 17.6. The van der Waals surface area contributed by atoms with Crippen molar-refractivity contribution in [2.75, 3.05) is 23.7 Å². The van der Waals surface area contributed by atoms with Crippen LogP contribution in [0, 0.1) is 5.92 Å². The maximum atomic E-state index is 12.1. The van der Waals surface area contributed by atoms with Crippen molar-refractivity contribution in [1.82, 2.24) is 10.3 Å². The zero-order valence-corrected chi connectivity index (χ0v) is 15.2. The van der Waals surface area contributed by atoms with Crippen molar-refractivity contribution in [1.29, 1.82) is 0 Å². The van der Waals surface area contributed by atoms with Crippen LogP contribution in [0.4, 0.5) is 10.8 Å². The number of benzene rings is 1. The lowest BCUT2D eigenvalue weighted by molar-refractivity contribution is -0.117. The second-order valence-corrected chi connectivity index (χ2v) is 7.48. The molecule has 1 aromatic heterocycles. The molecule has 1 fully saturated rings. The molecule has 134 valence electrons. The van der Waals surface area contributed by atoms with Crippen LogP contribution in [0.3, 0.4) is 0 Å². The van der Waals surface area contributed by atoms with E-state index in [2.05, 4.69) is 20.9 Å². The highest BCUT2D eigenvalue weighted by Gasteiger charge is 2.16. The lowest BCUT2D eigenvalue weighted by Gasteiger charge is -2.08. The van der Waals surface area contributed by atoms with Gasteiger partial charge >= 0.3 is 0 Å². The smallest absolute Gasteiger partial charge is 0.226 e. The molecular weight excluding hydrogens is 336 g/mol. The SMILES string of the molecule is CCCC(=O)Nc1nc2ccc(NC(=O)CCC3CCNC3)cc2s1. The van der Waals surface area contributed by atoms with Crippen LogP contribution < -0.4 is 16.0 Å². The van der Waals surface area contributed by atoms with Crippen molar-refractivity contribution >= 4 is 44.2 Å². The minimum atomic E-state index is -0.0171. The number of anilines is 2. The molecule has 1 aromatic carbocycles. The lowest BCUT2D eigenvalue weighted by Crippen LogP contribution is -2.14. The summed E-state index contributed by atoms with van der Waals surface area (Å²) < 4.78 is 0.949. The molecule has 1 aliphatic heterocycles. The van der Waals surface area contributed by atoms with Crippen LogP contribution in [-0.2, 0) is 9.59 Å². The number of rotatable bonds is 7. The van der Waals surface area contributed by atoms with Gasteiger partial charge in [-0.1, -0.05) is 18.3 Å². The van der Waals surface area contributed by atoms with Gasteiger partial charge in [-0.25, -0.2) is 4.98 Å². The molecule has 0 bridgehead atoms. The van der Waals surface area contributed by atoms with E-state index >= 15 is 0 Å². The Kier molecular flexibility index (Phi) is 5.99. The predicted octanol–water partition coefficient (Wildman–Crippen LogP) is 3.36. The molecule has 2 aromatic rings. The highest BCUT2D eigenvalue weighted by atomic mass is 32.1. The molecule has 3 N–H and O–H groups in total. The molecule has 1 atom stereocenters. The summed E-state index contributed by atoms with van der Waals surface area (Å²) in [6, 6.07) is 5.64. The van der Waals surface area contributed by atoms with E-state index in [0.717, 1.165) is 48.3 Å². The Hall–Kier alpha value is -1.99. The van der Waals surface area contributed by atoms with Gasteiger partial charge in [0.15, 0.2) is 5.13 Å². The van der Waals surface area contributed by atoms with Crippen molar-refractivity contribution in [3.8, 4) is 0 Å². The average molecular weight is 360 g/mol. The Morgan fingerprint density at radius 2 is 2.12 bits per heavy atom. The van der Waals surface area contributed by atoms with Crippen molar-refractivity contribution in [2.24, 2.45) is 5.92 Å². The Balaban J connectivity index is 1.58. The number of aromatic nitrogens is 1. The summed E-state index contributed by atoms with van der Waals surface area (Å²) in [5.74, 6) is 0.646. The van der Waals surface area contributed by atoms with Crippen LogP contribution in [-0.4, -0.2) is 29.9 Å². The van der Waals surface area contributed by atoms with Gasteiger partial charge in [0.25, 0.3) is 0 Å². The van der Waals surface area contributed by atoms with Gasteiger partial charge in [0, 0.05) is 18.5 Å². The molecule has 2 heterocycles. The van der Waals surface area contributed by atoms with E-state index in [1.165, 1.54) is 11.3 Å². The van der Waals surface area contributed by atoms with E-state index < -0.39 is 0 Å². The first-order valence-corrected chi connectivity index (χ1v) is 9.66. The van der Waals surface area contributed by atoms with Crippen LogP contribution in [0.1, 0.15) is 39.0 Å². The number of carbonyl (C=O) groups is 2. The topological polar surface area (TPSA) is 83.1 Å². The number of hydrogen-bond donors (Lipinski definition) is 3. The highest BCUT2D eigenvalue weighted by molar-refractivity contribution is 7.22. The molecule has 6 nitrogen and oxygen atoms in total. The van der Waals surface area contributed by atoms with Gasteiger partial charge < -0.3 is 16.0 Å². The average Bonchev–Trinajstić information content (AvgIpc) is 3.21. The monoisotopic (exact) mass is 360 g/mol. The molecule has 3 rings (SSSR count). The summed E-state index contributed by atoms with van der Waals surface area (Å²) in [5, 5.41) is 9.70. The third kappa shape index (κ3) is 4.99. The molecule has 25 heavy (non-hydrogen) atoms. The Morgan fingerprint density at radius 3 is 2.88 bits per heavy atom. The summed E-state index contributed by atoms with van der Waals surface area (Å²) in [5.41, 5.74) is 1.60. The number of thiazole rings is 1. The van der Waals surface area contributed by atoms with Gasteiger partial charge in [0.2, 0.25) is 11.8 Å². The van der Waals surface area contributed by atoms with Crippen LogP contribution in [0.25, 0.3) is 10.2 Å². The van der Waals surface area contributed by atoms with Crippen molar-refractivity contribution in [3.05, 3.63) is 18.2 Å². The molecule has 1 saturated heterocycles. The number of carbonyl (C=O) groups excluding carboxylic acids is 2. The highest BCUT2D eigenvalue weighted by Crippen LogP contribution is 2.28. The van der Waals surface area contributed by atoms with Gasteiger partial charge in [-0.3, -0.25) is 9.59 Å². The standard InChI is InChI=1S/C18H24N4O2S/c1-2-3-16(23)22-18-21-14-6-5-13(10-15(14)25-18)20-17(24)7-4-12-8-9-19-11-12/h5-6,10,12,19H,2-4,7-9,11H2,1H3,(H,20,24)(H,21,22,23). The molecule has 7 heteroatoms. The normalized spacial score (nSPS) is 16.9. The van der Waals surface area contributed by atoms with E-state index in [1.807, 2.05) is 25.1 Å². The maximum absolute atomic E-state index is 12.1. The van der Waals surface area contributed by atoms with E-state index in [1.54, 1.807) is 0 Å². The quantitative estimate of drug-likeness (QED) is 0.707. The number of nitrogens with zero attached hydrogens (tertiary/aromatic N) is 1. The number of nitrogens with one attached hydrogen (secondary N) is 3. The third-order valence-electron chi connectivity index (χ3n) is 4.34. The fraction of sp³-hybridized carbons (Fsp3) is 0.500. The summed E-state index contributed by atoms with van der Waals surface area (Å²) in [7, 11) is 0. The Labute approximate surface area is 151 Å². The molecule has 1 aliphatic rings. The molecule has 1 unspecified atom stereocenters. The summed E-state index contributed by atoms with van der Waals surface area (Å²) in [6.45, 7) is 4.05. The Morgan fingerprint density at radius 1 is 1.28 bits per heavy atom. The fourth-order valence-corrected chi connectivity index (χ4v) is 3.91. The first-order chi connectivity index (χ1) is 12.1. The van der Waals surface area contributed by atoms with Gasteiger partial charge in [0.05, 0.1) is 10.2 Å². The molecular formula is C18H24N4O2S. The fourth-order valence-electron chi connectivity index (χ4n) is 2.98. The number of fused-ring (bicyclic) bond motifs is 1. The van der Waals surface area contributed by atoms with Gasteiger partial charge in [-0.2, -0.15) is 0 Å². The molecule has 0 spiro atoms. The molecule has 0 radical (unpaired) electrons. The van der Waals surface area contributed by atoms with Crippen molar-refractivity contribution in [3.63, 3.8) is 0 Å². The van der Waals surface area contributed by atoms with Gasteiger partial charge in [0.1, 0.15) is 0 Å². The van der Waals surface area contributed by atoms with Crippen LogP contribution >= 0.6 is 11.3 Å². The number of hydrogen-bond acceptors (Lipinski definition) is 5. The van der Waals surface area contributed by atoms with Crippen LogP contribution in [0.2, 0.25) is 0 Å². The maximum Gasteiger partial charge on any atom is 0.226 e. The first-order valence-electron chi connectivity index (χ1n) is 8.85. The zero-order valence-electron chi connectivity index (χ0n) is 14.4. The van der Waals surface area contributed by atoms with Gasteiger partial charge in [-0.15, -0.1) is 0 Å². The predicted molar refractivity (Wildman–Crippen MR) is 102 cm³/mol. The minimum Gasteiger partial charge on any atom is -0.326 e. The summed E-state index contributed by atoms with van der Waals surface area (Å²) >= 11 is 1.42. The molecule has 2 amide bonds. The van der Waals surface area contributed by atoms with E-state index in [0.29, 0.717) is 23.9 Å². The molecule has 0 aliphatic carbocycles. The van der Waals surface area contributed by atoms with E-state index in [-0.39, 0.29) is 11.8 Å². The summed E-state index contributed by atoms with van der Waals surface area (Å²) in [4.78, 5) is 28.2. The second-order valence-electron chi connectivity index (χ2n) is 6.45. The Bertz CT molecular complexity index is 753. The number of amides is 2. The molecule has 0 saturated carbocycles. The van der Waals surface area contributed by atoms with E-state index in [9.17, 15) is 9.59 Å². The van der Waals surface area contributed by atoms with Crippen LogP contribution in [0.15, 0.2) is 18.2 Å². The second kappa shape index (κ2) is 8.40. The van der Waals surface area contributed by atoms with E-state index in [4.69, 9.17) is 0 Å².